The van der Waals surface area contributed by atoms with E-state index in [0.717, 1.165) is 0 Å². The van der Waals surface area contributed by atoms with Crippen LogP contribution in [0.2, 0.25) is 10.0 Å². The van der Waals surface area contributed by atoms with Crippen molar-refractivity contribution in [1.29, 1.82) is 0 Å². The van der Waals surface area contributed by atoms with Crippen molar-refractivity contribution in [2.75, 3.05) is 10.7 Å². The van der Waals surface area contributed by atoms with Crippen LogP contribution >= 0.6 is 23.2 Å². The summed E-state index contributed by atoms with van der Waals surface area (Å²) in [4.78, 5) is 11.7. The van der Waals surface area contributed by atoms with E-state index in [2.05, 4.69) is 10.7 Å². The zero-order valence-corrected chi connectivity index (χ0v) is 11.9. The van der Waals surface area contributed by atoms with Gasteiger partial charge in [-0.2, -0.15) is 0 Å². The summed E-state index contributed by atoms with van der Waals surface area (Å²) in [5.74, 6) is 0. The summed E-state index contributed by atoms with van der Waals surface area (Å²) in [6.45, 7) is 0. The van der Waals surface area contributed by atoms with Gasteiger partial charge in [-0.15, -0.1) is 5.43 Å². The van der Waals surface area contributed by atoms with Gasteiger partial charge in [-0.1, -0.05) is 33.9 Å². The summed E-state index contributed by atoms with van der Waals surface area (Å²) in [5, 5.41) is 3.48. The summed E-state index contributed by atoms with van der Waals surface area (Å²) >= 11 is 11.6. The Morgan fingerprint density at radius 1 is 1.05 bits per heavy atom. The number of anilines is 1. The minimum Gasteiger partial charge on any atom is -1.00 e. The van der Waals surface area contributed by atoms with Crippen molar-refractivity contribution >= 4 is 34.9 Å². The van der Waals surface area contributed by atoms with Crippen molar-refractivity contribution in [2.24, 2.45) is 0 Å². The fraction of sp³-hybridized carbons (Fsp3) is 0. The standard InChI is InChI=1S/C12H9Cl2N3O.ClH/c13-10-5-4-9(8-11(10)14)15-12(18)16-17-6-2-1-3-7-17;/h1-8H,(H-,15,16,18);1H. The third-order valence-corrected chi connectivity index (χ3v) is 2.86. The third-order valence-electron chi connectivity index (χ3n) is 2.12. The molecule has 0 aliphatic rings. The molecule has 0 saturated heterocycles. The fourth-order valence-corrected chi connectivity index (χ4v) is 1.62. The highest BCUT2D eigenvalue weighted by atomic mass is 35.5. The summed E-state index contributed by atoms with van der Waals surface area (Å²) in [7, 11) is 0. The predicted molar refractivity (Wildman–Crippen MR) is 71.5 cm³/mol. The number of carbonyl (C=O) groups is 1. The first-order valence-corrected chi connectivity index (χ1v) is 5.90. The molecule has 1 heterocycles. The van der Waals surface area contributed by atoms with Crippen molar-refractivity contribution < 1.29 is 21.9 Å². The van der Waals surface area contributed by atoms with Gasteiger partial charge in [0.05, 0.1) is 10.0 Å². The van der Waals surface area contributed by atoms with E-state index in [1.54, 1.807) is 42.7 Å². The SMILES string of the molecule is O=C(Nc1ccc(Cl)c(Cl)c1)N[n+]1ccccc1.[Cl-]. The first kappa shape index (κ1) is 15.6. The van der Waals surface area contributed by atoms with Crippen molar-refractivity contribution in [3.8, 4) is 0 Å². The lowest BCUT2D eigenvalue weighted by atomic mass is 10.3. The van der Waals surface area contributed by atoms with Gasteiger partial charge in [-0.05, 0) is 18.2 Å². The number of halogens is 3. The molecule has 0 radical (unpaired) electrons. The number of benzene rings is 1. The minimum atomic E-state index is -0.371. The van der Waals surface area contributed by atoms with E-state index in [1.807, 2.05) is 6.07 Å². The molecule has 2 amide bonds. The number of aromatic nitrogens is 1. The quantitative estimate of drug-likeness (QED) is 0.756. The molecule has 0 saturated carbocycles. The number of nitrogens with zero attached hydrogens (tertiary/aromatic N) is 1. The molecule has 0 spiro atoms. The van der Waals surface area contributed by atoms with Gasteiger partial charge in [-0.3, -0.25) is 0 Å². The van der Waals surface area contributed by atoms with Gasteiger partial charge in [0.1, 0.15) is 0 Å². The van der Waals surface area contributed by atoms with Crippen LogP contribution < -0.4 is 27.8 Å². The minimum absolute atomic E-state index is 0. The first-order valence-electron chi connectivity index (χ1n) is 5.14. The predicted octanol–water partition coefficient (Wildman–Crippen LogP) is 0.0605. The molecule has 4 nitrogen and oxygen atoms in total. The fourth-order valence-electron chi connectivity index (χ4n) is 1.32. The number of nitrogens with one attached hydrogen (secondary N) is 2. The van der Waals surface area contributed by atoms with E-state index in [1.165, 1.54) is 4.68 Å². The number of rotatable bonds is 2. The van der Waals surface area contributed by atoms with E-state index in [9.17, 15) is 4.79 Å². The average molecular weight is 319 g/mol. The summed E-state index contributed by atoms with van der Waals surface area (Å²) in [6, 6.07) is 9.97. The molecule has 0 fully saturated rings. The normalized spacial score (nSPS) is 9.37. The van der Waals surface area contributed by atoms with E-state index in [0.29, 0.717) is 15.7 Å². The van der Waals surface area contributed by atoms with Gasteiger partial charge in [-0.25, -0.2) is 4.79 Å². The number of urea groups is 1. The molecule has 0 bridgehead atoms. The molecule has 2 N–H and O–H groups in total. The van der Waals surface area contributed by atoms with Gasteiger partial charge in [0.15, 0.2) is 12.4 Å². The van der Waals surface area contributed by atoms with Crippen LogP contribution in [0.1, 0.15) is 0 Å². The lowest BCUT2D eigenvalue weighted by Gasteiger charge is -2.04. The first-order chi connectivity index (χ1) is 8.65. The van der Waals surface area contributed by atoms with Crippen molar-refractivity contribution in [1.82, 2.24) is 0 Å². The molecule has 7 heteroatoms. The molecular weight excluding hydrogens is 309 g/mol. The Labute approximate surface area is 126 Å². The number of pyridine rings is 1. The molecule has 100 valence electrons. The molecule has 0 aliphatic carbocycles. The summed E-state index contributed by atoms with van der Waals surface area (Å²) in [5.41, 5.74) is 3.18. The Balaban J connectivity index is 0.00000180. The van der Waals surface area contributed by atoms with Crippen LogP contribution in [-0.4, -0.2) is 6.03 Å². The van der Waals surface area contributed by atoms with E-state index in [4.69, 9.17) is 23.2 Å². The van der Waals surface area contributed by atoms with Crippen LogP contribution in [0.15, 0.2) is 48.8 Å². The van der Waals surface area contributed by atoms with E-state index >= 15 is 0 Å². The zero-order chi connectivity index (χ0) is 13.0. The lowest BCUT2D eigenvalue weighted by molar-refractivity contribution is -0.641. The van der Waals surface area contributed by atoms with Gasteiger partial charge >= 0.3 is 6.03 Å². The Morgan fingerprint density at radius 3 is 2.37 bits per heavy atom. The monoisotopic (exact) mass is 317 g/mol. The van der Waals surface area contributed by atoms with Crippen LogP contribution in [-0.2, 0) is 0 Å². The van der Waals surface area contributed by atoms with Crippen LogP contribution in [0.25, 0.3) is 0 Å². The lowest BCUT2D eigenvalue weighted by Crippen LogP contribution is -3.00. The van der Waals surface area contributed by atoms with E-state index < -0.39 is 0 Å². The molecule has 0 atom stereocenters. The highest BCUT2D eigenvalue weighted by molar-refractivity contribution is 6.42. The second kappa shape index (κ2) is 7.19. The Bertz CT molecular complexity index is 563. The average Bonchev–Trinajstić information content (AvgIpc) is 2.35. The van der Waals surface area contributed by atoms with Crippen molar-refractivity contribution in [3.05, 3.63) is 58.8 Å². The Hall–Kier alpha value is -1.49. The van der Waals surface area contributed by atoms with Gasteiger partial charge in [0.2, 0.25) is 0 Å². The van der Waals surface area contributed by atoms with Crippen molar-refractivity contribution in [3.63, 3.8) is 0 Å². The molecule has 19 heavy (non-hydrogen) atoms. The summed E-state index contributed by atoms with van der Waals surface area (Å²) < 4.78 is 1.53. The molecule has 1 aromatic heterocycles. The number of carbonyl (C=O) groups excluding carboxylic acids is 1. The number of hydrogen-bond donors (Lipinski definition) is 2. The maximum absolute atomic E-state index is 11.7. The highest BCUT2D eigenvalue weighted by Crippen LogP contribution is 2.24. The molecule has 0 unspecified atom stereocenters. The second-order valence-corrected chi connectivity index (χ2v) is 4.29. The second-order valence-electron chi connectivity index (χ2n) is 3.48. The van der Waals surface area contributed by atoms with Crippen LogP contribution in [0, 0.1) is 0 Å². The van der Waals surface area contributed by atoms with E-state index in [-0.39, 0.29) is 18.4 Å². The maximum Gasteiger partial charge on any atom is 0.372 e. The molecule has 2 aromatic rings. The number of hydrogen-bond acceptors (Lipinski definition) is 1. The smallest absolute Gasteiger partial charge is 0.372 e. The van der Waals surface area contributed by atoms with Crippen LogP contribution in [0.4, 0.5) is 10.5 Å². The van der Waals surface area contributed by atoms with Gasteiger partial charge < -0.3 is 17.7 Å². The molecule has 1 aromatic carbocycles. The summed E-state index contributed by atoms with van der Waals surface area (Å²) in [6.07, 6.45) is 3.43. The van der Waals surface area contributed by atoms with Gasteiger partial charge in [0.25, 0.3) is 0 Å². The third kappa shape index (κ3) is 4.59. The number of amides is 2. The molecule has 2 rings (SSSR count). The van der Waals surface area contributed by atoms with Crippen LogP contribution in [0.5, 0.6) is 0 Å². The Kier molecular flexibility index (Phi) is 5.89. The Morgan fingerprint density at radius 2 is 1.74 bits per heavy atom. The largest absolute Gasteiger partial charge is 1.00 e. The van der Waals surface area contributed by atoms with Gasteiger partial charge in [0, 0.05) is 17.8 Å². The molecule has 0 aliphatic heterocycles. The topological polar surface area (TPSA) is 45.0 Å². The highest BCUT2D eigenvalue weighted by Gasteiger charge is 2.07. The van der Waals surface area contributed by atoms with Crippen molar-refractivity contribution in [2.45, 2.75) is 0 Å². The zero-order valence-electron chi connectivity index (χ0n) is 9.61. The molecular formula is C12H10Cl3N3O. The maximum atomic E-state index is 11.7. The van der Waals surface area contributed by atoms with Crippen LogP contribution in [0.3, 0.4) is 0 Å².